The summed E-state index contributed by atoms with van der Waals surface area (Å²) in [6.45, 7) is 6.91. The van der Waals surface area contributed by atoms with Crippen LogP contribution in [0, 0.1) is 11.3 Å². The molecule has 3 nitrogen and oxygen atoms in total. The van der Waals surface area contributed by atoms with Gasteiger partial charge in [-0.25, -0.2) is 0 Å². The molecule has 88 valence electrons. The molecule has 0 bridgehead atoms. The number of hydrogen-bond donors (Lipinski definition) is 0. The van der Waals surface area contributed by atoms with Crippen LogP contribution >= 0.6 is 11.6 Å². The van der Waals surface area contributed by atoms with Crippen LogP contribution in [0.25, 0.3) is 0 Å². The fraction of sp³-hybridized carbons (Fsp3) is 0.818. The maximum absolute atomic E-state index is 11.6. The average molecular weight is 235 g/mol. The highest BCUT2D eigenvalue weighted by Gasteiger charge is 2.31. The van der Waals surface area contributed by atoms with E-state index in [1.165, 1.54) is 0 Å². The lowest BCUT2D eigenvalue weighted by Gasteiger charge is -2.21. The Morgan fingerprint density at radius 2 is 1.87 bits per heavy atom. The molecule has 0 saturated heterocycles. The van der Waals surface area contributed by atoms with Gasteiger partial charge in [-0.05, 0) is 26.7 Å². The first-order valence-electron chi connectivity index (χ1n) is 5.13. The van der Waals surface area contributed by atoms with Crippen LogP contribution in [0.2, 0.25) is 0 Å². The van der Waals surface area contributed by atoms with Crippen LogP contribution in [0.3, 0.4) is 0 Å². The summed E-state index contributed by atoms with van der Waals surface area (Å²) >= 11 is 5.55. The molecule has 0 aliphatic carbocycles. The van der Waals surface area contributed by atoms with Gasteiger partial charge in [-0.1, -0.05) is 13.8 Å². The first-order valence-corrected chi connectivity index (χ1v) is 5.67. The lowest BCUT2D eigenvalue weighted by molar-refractivity contribution is -0.168. The van der Waals surface area contributed by atoms with Crippen molar-refractivity contribution in [1.82, 2.24) is 0 Å². The SMILES string of the molecule is CC(C)C(=O)OC(=O)C(C)(C)CCCCl. The average Bonchev–Trinajstić information content (AvgIpc) is 2.14. The monoisotopic (exact) mass is 234 g/mol. The van der Waals surface area contributed by atoms with Crippen LogP contribution in [0.5, 0.6) is 0 Å². The van der Waals surface area contributed by atoms with Crippen molar-refractivity contribution in [2.75, 3.05) is 5.88 Å². The summed E-state index contributed by atoms with van der Waals surface area (Å²) in [5.41, 5.74) is -0.639. The molecule has 0 aromatic rings. The molecule has 15 heavy (non-hydrogen) atoms. The van der Waals surface area contributed by atoms with Crippen molar-refractivity contribution in [2.45, 2.75) is 40.5 Å². The van der Waals surface area contributed by atoms with E-state index in [4.69, 9.17) is 16.3 Å². The maximum Gasteiger partial charge on any atom is 0.319 e. The van der Waals surface area contributed by atoms with E-state index < -0.39 is 17.4 Å². The molecule has 0 N–H and O–H groups in total. The molecule has 0 fully saturated rings. The second-order valence-corrected chi connectivity index (χ2v) is 4.92. The largest absolute Gasteiger partial charge is 0.393 e. The van der Waals surface area contributed by atoms with Crippen molar-refractivity contribution in [2.24, 2.45) is 11.3 Å². The second-order valence-electron chi connectivity index (χ2n) is 4.54. The molecule has 0 amide bonds. The van der Waals surface area contributed by atoms with E-state index in [9.17, 15) is 9.59 Å². The lowest BCUT2D eigenvalue weighted by Crippen LogP contribution is -2.30. The van der Waals surface area contributed by atoms with Gasteiger partial charge in [0.05, 0.1) is 11.3 Å². The molecule has 0 aromatic carbocycles. The first-order chi connectivity index (χ1) is 6.81. The van der Waals surface area contributed by atoms with Gasteiger partial charge < -0.3 is 4.74 Å². The van der Waals surface area contributed by atoms with Crippen molar-refractivity contribution in [3.8, 4) is 0 Å². The quantitative estimate of drug-likeness (QED) is 0.417. The number of ether oxygens (including phenoxy) is 1. The fourth-order valence-electron chi connectivity index (χ4n) is 0.958. The Kier molecular flexibility index (Phi) is 5.88. The number of halogens is 1. The minimum absolute atomic E-state index is 0.280. The Bertz CT molecular complexity index is 234. The molecule has 0 aromatic heterocycles. The molecule has 0 aliphatic rings. The summed E-state index contributed by atoms with van der Waals surface area (Å²) < 4.78 is 4.75. The molecular formula is C11H19ClO3. The number of hydrogen-bond acceptors (Lipinski definition) is 3. The Balaban J connectivity index is 4.24. The summed E-state index contributed by atoms with van der Waals surface area (Å²) in [4.78, 5) is 22.8. The Hall–Kier alpha value is -0.570. The van der Waals surface area contributed by atoms with E-state index in [0.29, 0.717) is 12.3 Å². The van der Waals surface area contributed by atoms with Crippen LogP contribution in [0.15, 0.2) is 0 Å². The minimum Gasteiger partial charge on any atom is -0.393 e. The summed E-state index contributed by atoms with van der Waals surface area (Å²) in [5, 5.41) is 0. The fourth-order valence-corrected chi connectivity index (χ4v) is 1.09. The van der Waals surface area contributed by atoms with Gasteiger partial charge >= 0.3 is 11.9 Å². The molecule has 4 heteroatoms. The van der Waals surface area contributed by atoms with Gasteiger partial charge in [-0.15, -0.1) is 11.6 Å². The van der Waals surface area contributed by atoms with Crippen molar-refractivity contribution >= 4 is 23.5 Å². The zero-order valence-electron chi connectivity index (χ0n) is 9.80. The maximum atomic E-state index is 11.6. The highest BCUT2D eigenvalue weighted by atomic mass is 35.5. The van der Waals surface area contributed by atoms with E-state index in [-0.39, 0.29) is 5.92 Å². The predicted molar refractivity (Wildman–Crippen MR) is 59.7 cm³/mol. The van der Waals surface area contributed by atoms with Gasteiger partial charge in [-0.2, -0.15) is 0 Å². The minimum atomic E-state index is -0.639. The molecule has 0 aliphatic heterocycles. The van der Waals surface area contributed by atoms with E-state index in [2.05, 4.69) is 0 Å². The van der Waals surface area contributed by atoms with Crippen LogP contribution in [0.4, 0.5) is 0 Å². The third-order valence-electron chi connectivity index (χ3n) is 2.15. The van der Waals surface area contributed by atoms with Crippen LogP contribution < -0.4 is 0 Å². The summed E-state index contributed by atoms with van der Waals surface area (Å²) in [6, 6.07) is 0. The van der Waals surface area contributed by atoms with Gasteiger partial charge in [-0.3, -0.25) is 9.59 Å². The molecule has 0 rings (SSSR count). The van der Waals surface area contributed by atoms with Crippen molar-refractivity contribution in [1.29, 1.82) is 0 Å². The number of alkyl halides is 1. The molecule has 0 saturated carbocycles. The standard InChI is InChI=1S/C11H19ClO3/c1-8(2)9(13)15-10(14)11(3,4)6-5-7-12/h8H,5-7H2,1-4H3. The lowest BCUT2D eigenvalue weighted by atomic mass is 9.88. The Morgan fingerprint density at radius 3 is 2.27 bits per heavy atom. The van der Waals surface area contributed by atoms with Crippen molar-refractivity contribution < 1.29 is 14.3 Å². The van der Waals surface area contributed by atoms with Crippen LogP contribution in [-0.4, -0.2) is 17.8 Å². The van der Waals surface area contributed by atoms with Gasteiger partial charge in [0, 0.05) is 5.88 Å². The highest BCUT2D eigenvalue weighted by Crippen LogP contribution is 2.24. The summed E-state index contributed by atoms with van der Waals surface area (Å²) in [7, 11) is 0. The first kappa shape index (κ1) is 14.4. The van der Waals surface area contributed by atoms with Gasteiger partial charge in [0.1, 0.15) is 0 Å². The van der Waals surface area contributed by atoms with E-state index >= 15 is 0 Å². The zero-order valence-corrected chi connectivity index (χ0v) is 10.6. The second kappa shape index (κ2) is 6.11. The highest BCUT2D eigenvalue weighted by molar-refractivity contribution is 6.17. The third-order valence-corrected chi connectivity index (χ3v) is 2.42. The number of rotatable bonds is 5. The molecule has 0 atom stereocenters. The van der Waals surface area contributed by atoms with Crippen LogP contribution in [0.1, 0.15) is 40.5 Å². The smallest absolute Gasteiger partial charge is 0.319 e. The van der Waals surface area contributed by atoms with E-state index in [1.807, 2.05) is 0 Å². The van der Waals surface area contributed by atoms with Gasteiger partial charge in [0.2, 0.25) is 0 Å². The molecular weight excluding hydrogens is 216 g/mol. The topological polar surface area (TPSA) is 43.4 Å². The van der Waals surface area contributed by atoms with Gasteiger partial charge in [0.15, 0.2) is 0 Å². The number of carbonyl (C=O) groups excluding carboxylic acids is 2. The summed E-state index contributed by atoms with van der Waals surface area (Å²) in [5.74, 6) is -0.711. The van der Waals surface area contributed by atoms with E-state index in [0.717, 1.165) is 6.42 Å². The van der Waals surface area contributed by atoms with Crippen molar-refractivity contribution in [3.63, 3.8) is 0 Å². The Labute approximate surface area is 96.1 Å². The number of esters is 2. The normalized spacial score (nSPS) is 11.6. The predicted octanol–water partition coefficient (Wildman–Crippen LogP) is 2.76. The van der Waals surface area contributed by atoms with Crippen LogP contribution in [-0.2, 0) is 14.3 Å². The Morgan fingerprint density at radius 1 is 1.33 bits per heavy atom. The molecule has 0 heterocycles. The summed E-state index contributed by atoms with van der Waals surface area (Å²) in [6.07, 6.45) is 1.36. The third kappa shape index (κ3) is 5.17. The van der Waals surface area contributed by atoms with E-state index in [1.54, 1.807) is 27.7 Å². The number of carbonyl (C=O) groups is 2. The molecule has 0 spiro atoms. The zero-order chi connectivity index (χ0) is 12.1. The van der Waals surface area contributed by atoms with Gasteiger partial charge in [0.25, 0.3) is 0 Å². The molecule has 0 radical (unpaired) electrons. The molecule has 0 unspecified atom stereocenters. The van der Waals surface area contributed by atoms with Crippen molar-refractivity contribution in [3.05, 3.63) is 0 Å².